The van der Waals surface area contributed by atoms with Gasteiger partial charge in [0.2, 0.25) is 0 Å². The van der Waals surface area contributed by atoms with E-state index < -0.39 is 0 Å². The second-order valence-electron chi connectivity index (χ2n) is 7.16. The lowest BCUT2D eigenvalue weighted by molar-refractivity contribution is -0.0905. The molecule has 0 radical (unpaired) electrons. The Morgan fingerprint density at radius 3 is 1.81 bits per heavy atom. The van der Waals surface area contributed by atoms with Crippen LogP contribution in [0.2, 0.25) is 0 Å². The molecule has 0 aromatic carbocycles. The summed E-state index contributed by atoms with van der Waals surface area (Å²) < 4.78 is 0. The molecular weight excluding hydrogens is 194 g/mol. The zero-order valence-electron chi connectivity index (χ0n) is 10.6. The lowest BCUT2D eigenvalue weighted by Gasteiger charge is -2.60. The summed E-state index contributed by atoms with van der Waals surface area (Å²) >= 11 is 0. The molecule has 4 bridgehead atoms. The van der Waals surface area contributed by atoms with Crippen LogP contribution in [0, 0.1) is 17.8 Å². The van der Waals surface area contributed by atoms with Gasteiger partial charge in [0.25, 0.3) is 0 Å². The standard InChI is InChI=1S/C15H25N/c1-2-16(14-3-4-14)15-8-11-5-12(9-15)7-13(6-11)10-15/h11-14H,2-10H2,1H3. The highest BCUT2D eigenvalue weighted by Gasteiger charge is 2.55. The van der Waals surface area contributed by atoms with Gasteiger partial charge in [-0.15, -0.1) is 0 Å². The number of rotatable bonds is 3. The summed E-state index contributed by atoms with van der Waals surface area (Å²) in [5.74, 6) is 3.33. The highest BCUT2D eigenvalue weighted by Crippen LogP contribution is 2.59. The van der Waals surface area contributed by atoms with Crippen LogP contribution in [0.4, 0.5) is 0 Å². The lowest BCUT2D eigenvalue weighted by atomic mass is 9.52. The van der Waals surface area contributed by atoms with Gasteiger partial charge in [-0.3, -0.25) is 4.90 Å². The minimum absolute atomic E-state index is 0.685. The summed E-state index contributed by atoms with van der Waals surface area (Å²) in [6.45, 7) is 3.72. The zero-order chi connectivity index (χ0) is 10.8. The van der Waals surface area contributed by atoms with Crippen LogP contribution in [0.5, 0.6) is 0 Å². The van der Waals surface area contributed by atoms with Gasteiger partial charge in [-0.2, -0.15) is 0 Å². The molecule has 5 aliphatic carbocycles. The molecule has 0 atom stereocenters. The molecule has 5 saturated carbocycles. The summed E-state index contributed by atoms with van der Waals surface area (Å²) in [6, 6.07) is 0.987. The Balaban J connectivity index is 1.64. The van der Waals surface area contributed by atoms with Crippen molar-refractivity contribution < 1.29 is 0 Å². The van der Waals surface area contributed by atoms with Gasteiger partial charge >= 0.3 is 0 Å². The van der Waals surface area contributed by atoms with Crippen LogP contribution in [0.1, 0.15) is 58.3 Å². The van der Waals surface area contributed by atoms with E-state index in [0.29, 0.717) is 5.54 Å². The Labute approximate surface area is 99.6 Å². The third-order valence-electron chi connectivity index (χ3n) is 5.94. The van der Waals surface area contributed by atoms with Crippen molar-refractivity contribution in [1.82, 2.24) is 4.90 Å². The molecule has 0 heterocycles. The summed E-state index contributed by atoms with van der Waals surface area (Å²) in [5.41, 5.74) is 0.685. The molecule has 0 saturated heterocycles. The van der Waals surface area contributed by atoms with E-state index in [1.165, 1.54) is 19.4 Å². The van der Waals surface area contributed by atoms with Gasteiger partial charge in [0.1, 0.15) is 0 Å². The van der Waals surface area contributed by atoms with Crippen LogP contribution in [-0.4, -0.2) is 23.0 Å². The monoisotopic (exact) mass is 219 g/mol. The maximum absolute atomic E-state index is 2.94. The SMILES string of the molecule is CCN(C1CC1)C12CC3CC(CC(C3)C1)C2. The van der Waals surface area contributed by atoms with Crippen LogP contribution in [0.25, 0.3) is 0 Å². The van der Waals surface area contributed by atoms with Gasteiger partial charge in [0.15, 0.2) is 0 Å². The Hall–Kier alpha value is -0.0400. The van der Waals surface area contributed by atoms with Gasteiger partial charge in [0, 0.05) is 11.6 Å². The van der Waals surface area contributed by atoms with E-state index in [-0.39, 0.29) is 0 Å². The Kier molecular flexibility index (Phi) is 2.02. The van der Waals surface area contributed by atoms with Gasteiger partial charge < -0.3 is 0 Å². The number of nitrogens with zero attached hydrogens (tertiary/aromatic N) is 1. The molecule has 0 aliphatic heterocycles. The summed E-state index contributed by atoms with van der Waals surface area (Å²) in [5, 5.41) is 0. The predicted octanol–water partition coefficient (Wildman–Crippen LogP) is 3.44. The Morgan fingerprint density at radius 2 is 1.44 bits per heavy atom. The molecule has 0 spiro atoms. The molecule has 5 fully saturated rings. The fourth-order valence-electron chi connectivity index (χ4n) is 5.78. The molecular formula is C15H25N. The number of hydrogen-bond donors (Lipinski definition) is 0. The van der Waals surface area contributed by atoms with Crippen molar-refractivity contribution in [1.29, 1.82) is 0 Å². The first-order valence-electron chi connectivity index (χ1n) is 7.56. The fourth-order valence-corrected chi connectivity index (χ4v) is 5.78. The Bertz CT molecular complexity index is 257. The van der Waals surface area contributed by atoms with Gasteiger partial charge in [0.05, 0.1) is 0 Å². The molecule has 16 heavy (non-hydrogen) atoms. The quantitative estimate of drug-likeness (QED) is 0.703. The number of hydrogen-bond acceptors (Lipinski definition) is 1. The minimum Gasteiger partial charge on any atom is -0.295 e. The Morgan fingerprint density at radius 1 is 0.938 bits per heavy atom. The topological polar surface area (TPSA) is 3.24 Å². The van der Waals surface area contributed by atoms with Crippen LogP contribution in [0.15, 0.2) is 0 Å². The van der Waals surface area contributed by atoms with Crippen LogP contribution in [0.3, 0.4) is 0 Å². The molecule has 0 aromatic rings. The fraction of sp³-hybridized carbons (Fsp3) is 1.00. The van der Waals surface area contributed by atoms with E-state index in [4.69, 9.17) is 0 Å². The van der Waals surface area contributed by atoms with Gasteiger partial charge in [-0.05, 0) is 75.7 Å². The second kappa shape index (κ2) is 3.25. The molecule has 90 valence electrons. The first-order valence-corrected chi connectivity index (χ1v) is 7.56. The summed E-state index contributed by atoms with van der Waals surface area (Å²) in [4.78, 5) is 2.94. The van der Waals surface area contributed by atoms with Crippen molar-refractivity contribution in [3.63, 3.8) is 0 Å². The van der Waals surface area contributed by atoms with Crippen molar-refractivity contribution in [3.8, 4) is 0 Å². The molecule has 0 amide bonds. The van der Waals surface area contributed by atoms with E-state index in [2.05, 4.69) is 11.8 Å². The average Bonchev–Trinajstić information content (AvgIpc) is 3.00. The van der Waals surface area contributed by atoms with Gasteiger partial charge in [-0.25, -0.2) is 0 Å². The first-order chi connectivity index (χ1) is 7.79. The van der Waals surface area contributed by atoms with Crippen molar-refractivity contribution in [2.75, 3.05) is 6.54 Å². The van der Waals surface area contributed by atoms with E-state index in [0.717, 1.165) is 23.8 Å². The molecule has 0 aromatic heterocycles. The van der Waals surface area contributed by atoms with Crippen LogP contribution >= 0.6 is 0 Å². The maximum Gasteiger partial charge on any atom is 0.0220 e. The smallest absolute Gasteiger partial charge is 0.0220 e. The molecule has 0 unspecified atom stereocenters. The average molecular weight is 219 g/mol. The van der Waals surface area contributed by atoms with Gasteiger partial charge in [-0.1, -0.05) is 6.92 Å². The maximum atomic E-state index is 2.94. The van der Waals surface area contributed by atoms with Crippen LogP contribution in [-0.2, 0) is 0 Å². The largest absolute Gasteiger partial charge is 0.295 e. The molecule has 0 N–H and O–H groups in total. The highest BCUT2D eigenvalue weighted by atomic mass is 15.2. The molecule has 1 nitrogen and oxygen atoms in total. The van der Waals surface area contributed by atoms with E-state index in [9.17, 15) is 0 Å². The zero-order valence-corrected chi connectivity index (χ0v) is 10.6. The van der Waals surface area contributed by atoms with E-state index >= 15 is 0 Å². The first kappa shape index (κ1) is 9.94. The highest BCUT2D eigenvalue weighted by molar-refractivity contribution is 5.09. The van der Waals surface area contributed by atoms with E-state index in [1.54, 1.807) is 38.5 Å². The summed E-state index contributed by atoms with van der Waals surface area (Å²) in [7, 11) is 0. The normalized spacial score (nSPS) is 50.2. The second-order valence-corrected chi connectivity index (χ2v) is 7.16. The van der Waals surface area contributed by atoms with Crippen molar-refractivity contribution in [3.05, 3.63) is 0 Å². The third-order valence-corrected chi connectivity index (χ3v) is 5.94. The van der Waals surface area contributed by atoms with Crippen LogP contribution < -0.4 is 0 Å². The van der Waals surface area contributed by atoms with E-state index in [1.807, 2.05) is 0 Å². The molecule has 5 rings (SSSR count). The van der Waals surface area contributed by atoms with Crippen molar-refractivity contribution in [2.45, 2.75) is 69.9 Å². The summed E-state index contributed by atoms with van der Waals surface area (Å²) in [6.07, 6.45) is 12.4. The lowest BCUT2D eigenvalue weighted by Crippen LogP contribution is -2.60. The predicted molar refractivity (Wildman–Crippen MR) is 66.3 cm³/mol. The third kappa shape index (κ3) is 1.33. The molecule has 5 aliphatic rings. The molecule has 1 heteroatoms. The van der Waals surface area contributed by atoms with Crippen molar-refractivity contribution in [2.24, 2.45) is 17.8 Å². The van der Waals surface area contributed by atoms with Crippen molar-refractivity contribution >= 4 is 0 Å². The minimum atomic E-state index is 0.685.